The number of nitrogen functional groups attached to an aromatic ring is 1. The highest BCUT2D eigenvalue weighted by molar-refractivity contribution is 9.10. The molecule has 0 fully saturated rings. The average Bonchev–Trinajstić information content (AvgIpc) is 2.56. The fourth-order valence-electron chi connectivity index (χ4n) is 1.32. The van der Waals surface area contributed by atoms with Gasteiger partial charge in [-0.3, -0.25) is 0 Å². The van der Waals surface area contributed by atoms with Gasteiger partial charge in [-0.05, 0) is 34.1 Å². The molecule has 0 bridgehead atoms. The minimum atomic E-state index is -4.60. The van der Waals surface area contributed by atoms with E-state index in [4.69, 9.17) is 5.73 Å². The maximum absolute atomic E-state index is 13.6. The van der Waals surface area contributed by atoms with Crippen molar-refractivity contribution in [3.63, 3.8) is 0 Å². The molecule has 0 radical (unpaired) electrons. The van der Waals surface area contributed by atoms with E-state index in [1.165, 1.54) is 0 Å². The first kappa shape index (κ1) is 12.8. The maximum atomic E-state index is 13.6. The second-order valence-corrected chi connectivity index (χ2v) is 4.02. The van der Waals surface area contributed by atoms with E-state index in [0.29, 0.717) is 6.07 Å². The summed E-state index contributed by atoms with van der Waals surface area (Å²) in [6.45, 7) is 0. The molecule has 1 aromatic heterocycles. The summed E-state index contributed by atoms with van der Waals surface area (Å²) in [7, 11) is 0. The molecule has 2 N–H and O–H groups in total. The zero-order valence-corrected chi connectivity index (χ0v) is 10.1. The molecule has 0 amide bonds. The summed E-state index contributed by atoms with van der Waals surface area (Å²) < 4.78 is 51.7. The number of alkyl halides is 3. The van der Waals surface area contributed by atoms with Crippen molar-refractivity contribution in [3.8, 4) is 5.69 Å². The molecule has 2 rings (SSSR count). The Bertz CT molecular complexity index is 593. The van der Waals surface area contributed by atoms with Crippen molar-refractivity contribution < 1.29 is 17.6 Å². The van der Waals surface area contributed by atoms with Crippen molar-refractivity contribution in [2.45, 2.75) is 6.18 Å². The van der Waals surface area contributed by atoms with Crippen molar-refractivity contribution in [1.82, 2.24) is 14.8 Å². The molecule has 2 aromatic rings. The first-order valence-electron chi connectivity index (χ1n) is 4.54. The lowest BCUT2D eigenvalue weighted by Crippen LogP contribution is -2.08. The monoisotopic (exact) mass is 324 g/mol. The van der Waals surface area contributed by atoms with E-state index in [1.54, 1.807) is 0 Å². The minimum absolute atomic E-state index is 0.0960. The van der Waals surface area contributed by atoms with E-state index in [2.05, 4.69) is 26.0 Å². The van der Waals surface area contributed by atoms with Crippen molar-refractivity contribution in [1.29, 1.82) is 0 Å². The van der Waals surface area contributed by atoms with E-state index in [0.717, 1.165) is 16.8 Å². The lowest BCUT2D eigenvalue weighted by atomic mass is 10.2. The van der Waals surface area contributed by atoms with Crippen LogP contribution >= 0.6 is 15.9 Å². The molecule has 0 saturated heterocycles. The molecule has 0 atom stereocenters. The van der Waals surface area contributed by atoms with Crippen molar-refractivity contribution in [3.05, 3.63) is 34.3 Å². The van der Waals surface area contributed by atoms with Gasteiger partial charge in [-0.25, -0.2) is 9.07 Å². The van der Waals surface area contributed by atoms with Crippen LogP contribution < -0.4 is 5.73 Å². The van der Waals surface area contributed by atoms with Crippen molar-refractivity contribution in [2.75, 3.05) is 5.73 Å². The number of halogens is 5. The standard InChI is InChI=1S/C9H5BrF4N4/c10-7-16-8(15)17-18(7)6-2-1-4(3-5(6)11)9(12,13)14/h1-3H,(H2,15,17). The van der Waals surface area contributed by atoms with Crippen LogP contribution in [-0.2, 0) is 6.18 Å². The Balaban J connectivity index is 2.51. The van der Waals surface area contributed by atoms with Gasteiger partial charge < -0.3 is 5.73 Å². The Kier molecular flexibility index (Phi) is 3.01. The number of hydrogen-bond acceptors (Lipinski definition) is 3. The van der Waals surface area contributed by atoms with Gasteiger partial charge in [0.15, 0.2) is 0 Å². The Morgan fingerprint density at radius 3 is 2.39 bits per heavy atom. The summed E-state index contributed by atoms with van der Waals surface area (Å²) in [6, 6.07) is 2.10. The molecule has 4 nitrogen and oxygen atoms in total. The van der Waals surface area contributed by atoms with Crippen LogP contribution in [0.15, 0.2) is 22.9 Å². The van der Waals surface area contributed by atoms with Crippen molar-refractivity contribution >= 4 is 21.9 Å². The molecule has 1 aromatic carbocycles. The molecule has 9 heteroatoms. The largest absolute Gasteiger partial charge is 0.416 e. The van der Waals surface area contributed by atoms with Gasteiger partial charge in [0.2, 0.25) is 10.7 Å². The Labute approximate surface area is 107 Å². The number of hydrogen-bond donors (Lipinski definition) is 1. The summed E-state index contributed by atoms with van der Waals surface area (Å²) >= 11 is 2.97. The first-order chi connectivity index (χ1) is 8.29. The number of anilines is 1. The molecule has 18 heavy (non-hydrogen) atoms. The molecular formula is C9H5BrF4N4. The van der Waals surface area contributed by atoms with E-state index in [9.17, 15) is 17.6 Å². The zero-order chi connectivity index (χ0) is 13.5. The highest BCUT2D eigenvalue weighted by atomic mass is 79.9. The lowest BCUT2D eigenvalue weighted by Gasteiger charge is -2.09. The fourth-order valence-corrected chi connectivity index (χ4v) is 1.77. The van der Waals surface area contributed by atoms with Crippen LogP contribution in [0.4, 0.5) is 23.5 Å². The van der Waals surface area contributed by atoms with E-state index in [-0.39, 0.29) is 16.4 Å². The summed E-state index contributed by atoms with van der Waals surface area (Å²) in [5, 5.41) is 3.65. The molecule has 96 valence electrons. The topological polar surface area (TPSA) is 56.7 Å². The SMILES string of the molecule is Nc1nc(Br)n(-c2ccc(C(F)(F)F)cc2F)n1. The van der Waals surface area contributed by atoms with Crippen LogP contribution in [0.5, 0.6) is 0 Å². The smallest absolute Gasteiger partial charge is 0.366 e. The highest BCUT2D eigenvalue weighted by Gasteiger charge is 2.31. The van der Waals surface area contributed by atoms with Crippen LogP contribution in [0.25, 0.3) is 5.69 Å². The van der Waals surface area contributed by atoms with Crippen LogP contribution in [-0.4, -0.2) is 14.8 Å². The fraction of sp³-hybridized carbons (Fsp3) is 0.111. The van der Waals surface area contributed by atoms with Gasteiger partial charge in [0.1, 0.15) is 11.5 Å². The van der Waals surface area contributed by atoms with Crippen molar-refractivity contribution in [2.24, 2.45) is 0 Å². The number of benzene rings is 1. The second kappa shape index (κ2) is 4.23. The quantitative estimate of drug-likeness (QED) is 0.821. The normalized spacial score (nSPS) is 11.8. The predicted octanol–water partition coefficient (Wildman–Crippen LogP) is 2.77. The molecular weight excluding hydrogens is 320 g/mol. The molecule has 0 unspecified atom stereocenters. The minimum Gasteiger partial charge on any atom is -0.366 e. The van der Waals surface area contributed by atoms with E-state index >= 15 is 0 Å². The van der Waals surface area contributed by atoms with Gasteiger partial charge in [-0.2, -0.15) is 18.2 Å². The third kappa shape index (κ3) is 2.30. The van der Waals surface area contributed by atoms with Crippen LogP contribution in [0.2, 0.25) is 0 Å². The predicted molar refractivity (Wildman–Crippen MR) is 58.4 cm³/mol. The summed E-state index contributed by atoms with van der Waals surface area (Å²) in [6.07, 6.45) is -4.60. The number of rotatable bonds is 1. The Morgan fingerprint density at radius 1 is 1.28 bits per heavy atom. The average molecular weight is 325 g/mol. The van der Waals surface area contributed by atoms with Gasteiger partial charge in [-0.1, -0.05) is 0 Å². The van der Waals surface area contributed by atoms with E-state index in [1.807, 2.05) is 0 Å². The molecule has 0 aliphatic carbocycles. The lowest BCUT2D eigenvalue weighted by molar-refractivity contribution is -0.137. The maximum Gasteiger partial charge on any atom is 0.416 e. The van der Waals surface area contributed by atoms with Gasteiger partial charge in [0.25, 0.3) is 0 Å². The van der Waals surface area contributed by atoms with Gasteiger partial charge >= 0.3 is 6.18 Å². The van der Waals surface area contributed by atoms with Gasteiger partial charge in [-0.15, -0.1) is 5.10 Å². The van der Waals surface area contributed by atoms with Crippen LogP contribution in [0.1, 0.15) is 5.56 Å². The molecule has 0 aliphatic rings. The molecule has 1 heterocycles. The second-order valence-electron chi connectivity index (χ2n) is 3.31. The molecule has 0 spiro atoms. The number of aromatic nitrogens is 3. The Morgan fingerprint density at radius 2 is 1.94 bits per heavy atom. The summed E-state index contributed by atoms with van der Waals surface area (Å²) in [5.74, 6) is -1.20. The highest BCUT2D eigenvalue weighted by Crippen LogP contribution is 2.31. The summed E-state index contributed by atoms with van der Waals surface area (Å²) in [5.41, 5.74) is 4.03. The first-order valence-corrected chi connectivity index (χ1v) is 5.33. The van der Waals surface area contributed by atoms with E-state index < -0.39 is 17.6 Å². The number of nitrogens with zero attached hydrogens (tertiary/aromatic N) is 3. The van der Waals surface area contributed by atoms with Crippen LogP contribution in [0, 0.1) is 5.82 Å². The van der Waals surface area contributed by atoms with Gasteiger partial charge in [0, 0.05) is 0 Å². The van der Waals surface area contributed by atoms with Gasteiger partial charge in [0.05, 0.1) is 5.56 Å². The zero-order valence-electron chi connectivity index (χ0n) is 8.54. The Hall–Kier alpha value is -1.64. The third-order valence-electron chi connectivity index (χ3n) is 2.09. The molecule has 0 saturated carbocycles. The third-order valence-corrected chi connectivity index (χ3v) is 2.60. The molecule has 0 aliphatic heterocycles. The number of nitrogens with two attached hydrogens (primary N) is 1. The van der Waals surface area contributed by atoms with Crippen LogP contribution in [0.3, 0.4) is 0 Å². The summed E-state index contributed by atoms with van der Waals surface area (Å²) in [4.78, 5) is 3.66.